The average molecular weight is 1060 g/mol. The zero-order chi connectivity index (χ0) is 54.3. The van der Waals surface area contributed by atoms with Crippen LogP contribution in [0.5, 0.6) is 0 Å². The van der Waals surface area contributed by atoms with Gasteiger partial charge >= 0.3 is 13.8 Å². The van der Waals surface area contributed by atoms with E-state index in [1.165, 1.54) is 193 Å². The van der Waals surface area contributed by atoms with Crippen LogP contribution in [-0.4, -0.2) is 74.3 Å². The van der Waals surface area contributed by atoms with Gasteiger partial charge in [-0.2, -0.15) is 0 Å². The number of amides is 1. The normalized spacial score (nSPS) is 13.9. The van der Waals surface area contributed by atoms with Gasteiger partial charge in [-0.15, -0.1) is 0 Å². The molecule has 0 radical (unpaired) electrons. The lowest BCUT2D eigenvalue weighted by molar-refractivity contribution is -0.870. The zero-order valence-corrected chi connectivity index (χ0v) is 50.7. The highest BCUT2D eigenvalue weighted by atomic mass is 31.2. The summed E-state index contributed by atoms with van der Waals surface area (Å²) in [6.07, 6.45) is 65.9. The number of unbranched alkanes of at least 4 members (excludes halogenated alkanes) is 38. The molecule has 0 aliphatic carbocycles. The summed E-state index contributed by atoms with van der Waals surface area (Å²) in [5.41, 5.74) is 0. The zero-order valence-electron chi connectivity index (χ0n) is 49.9. The van der Waals surface area contributed by atoms with Crippen molar-refractivity contribution in [3.63, 3.8) is 0 Å². The van der Waals surface area contributed by atoms with E-state index in [-0.39, 0.29) is 25.1 Å². The van der Waals surface area contributed by atoms with E-state index in [1.54, 1.807) is 0 Å². The number of carbonyl (C=O) groups is 2. The number of phosphoric acid groups is 1. The first-order valence-electron chi connectivity index (χ1n) is 31.8. The van der Waals surface area contributed by atoms with Crippen molar-refractivity contribution in [3.8, 4) is 0 Å². The third kappa shape index (κ3) is 55.0. The Hall–Kier alpha value is -1.77. The maximum Gasteiger partial charge on any atom is 0.472 e. The van der Waals surface area contributed by atoms with Crippen LogP contribution in [0.1, 0.15) is 310 Å². The maximum atomic E-state index is 13.5. The van der Waals surface area contributed by atoms with Crippen molar-refractivity contribution in [1.29, 1.82) is 0 Å². The van der Waals surface area contributed by atoms with Gasteiger partial charge in [0.05, 0.1) is 33.8 Å². The summed E-state index contributed by atoms with van der Waals surface area (Å²) in [5, 5.41) is 3.05. The molecule has 1 amide bonds. The summed E-state index contributed by atoms with van der Waals surface area (Å²) in [4.78, 5) is 37.6. The molecule has 0 rings (SSSR count). The Labute approximate surface area is 459 Å². The van der Waals surface area contributed by atoms with E-state index in [9.17, 15) is 19.0 Å². The smallest absolute Gasteiger partial charge is 0.456 e. The highest BCUT2D eigenvalue weighted by molar-refractivity contribution is 7.47. The van der Waals surface area contributed by atoms with Crippen molar-refractivity contribution < 1.29 is 37.3 Å². The van der Waals surface area contributed by atoms with Crippen LogP contribution in [0.25, 0.3) is 0 Å². The SMILES string of the molecule is CCCC/C=C\CCCCCCCC(=O)NC(COP(=O)(O)OCC[N+](C)(C)C)C(/C=C\CCCCCCCCCCCC)OC(=O)CCCCCCCCCCCCCCCCC/C=C/CCCCCCCC. The fraction of sp³-hybridized carbons (Fsp3) is 0.875. The van der Waals surface area contributed by atoms with Crippen LogP contribution in [0.15, 0.2) is 36.5 Å². The number of carbonyl (C=O) groups excluding carboxylic acids is 2. The Morgan fingerprint density at radius 3 is 1.19 bits per heavy atom. The average Bonchev–Trinajstić information content (AvgIpc) is 3.36. The minimum Gasteiger partial charge on any atom is -0.456 e. The molecule has 3 unspecified atom stereocenters. The van der Waals surface area contributed by atoms with Gasteiger partial charge in [0.15, 0.2) is 0 Å². The second-order valence-corrected chi connectivity index (χ2v) is 24.4. The minimum atomic E-state index is -4.44. The van der Waals surface area contributed by atoms with Crippen LogP contribution in [0.4, 0.5) is 0 Å². The van der Waals surface area contributed by atoms with Crippen LogP contribution < -0.4 is 5.32 Å². The highest BCUT2D eigenvalue weighted by Gasteiger charge is 2.30. The number of rotatable bonds is 58. The number of phosphoric ester groups is 1. The molecule has 0 aromatic rings. The maximum absolute atomic E-state index is 13.5. The number of hydrogen-bond acceptors (Lipinski definition) is 6. The third-order valence-corrected chi connectivity index (χ3v) is 15.3. The van der Waals surface area contributed by atoms with E-state index >= 15 is 0 Å². The quantitative estimate of drug-likeness (QED) is 0.0205. The molecule has 0 saturated heterocycles. The number of ether oxygens (including phenoxy) is 1. The molecule has 0 spiro atoms. The molecular formula is C64H124N2O7P+. The van der Waals surface area contributed by atoms with Gasteiger partial charge in [0.1, 0.15) is 19.3 Å². The fourth-order valence-corrected chi connectivity index (χ4v) is 10.1. The molecule has 0 bridgehead atoms. The van der Waals surface area contributed by atoms with E-state index < -0.39 is 20.0 Å². The van der Waals surface area contributed by atoms with Crippen molar-refractivity contribution >= 4 is 19.7 Å². The van der Waals surface area contributed by atoms with E-state index in [1.807, 2.05) is 33.3 Å². The molecule has 74 heavy (non-hydrogen) atoms. The number of hydrogen-bond donors (Lipinski definition) is 2. The molecule has 3 atom stereocenters. The highest BCUT2D eigenvalue weighted by Crippen LogP contribution is 2.43. The lowest BCUT2D eigenvalue weighted by atomic mass is 10.0. The summed E-state index contributed by atoms with van der Waals surface area (Å²) in [5.74, 6) is -0.505. The molecule has 0 heterocycles. The Morgan fingerprint density at radius 2 is 0.797 bits per heavy atom. The molecular weight excluding hydrogens is 940 g/mol. The topological polar surface area (TPSA) is 111 Å². The number of nitrogens with zero attached hydrogens (tertiary/aromatic N) is 1. The molecule has 9 nitrogen and oxygen atoms in total. The van der Waals surface area contributed by atoms with Crippen molar-refractivity contribution in [2.75, 3.05) is 40.9 Å². The van der Waals surface area contributed by atoms with Crippen LogP contribution in [0.3, 0.4) is 0 Å². The number of likely N-dealkylation sites (N-methyl/N-ethyl adjacent to an activating group) is 1. The first-order valence-corrected chi connectivity index (χ1v) is 33.3. The van der Waals surface area contributed by atoms with Crippen LogP contribution >= 0.6 is 7.82 Å². The Morgan fingerprint density at radius 1 is 0.459 bits per heavy atom. The van der Waals surface area contributed by atoms with Gasteiger partial charge in [-0.25, -0.2) is 4.57 Å². The summed E-state index contributed by atoms with van der Waals surface area (Å²) in [7, 11) is 1.50. The predicted molar refractivity (Wildman–Crippen MR) is 319 cm³/mol. The van der Waals surface area contributed by atoms with Gasteiger partial charge in [-0.1, -0.05) is 257 Å². The van der Waals surface area contributed by atoms with Gasteiger partial charge in [-0.05, 0) is 76.7 Å². The summed E-state index contributed by atoms with van der Waals surface area (Å²) >= 11 is 0. The molecule has 0 aliphatic rings. The Bertz CT molecular complexity index is 1360. The van der Waals surface area contributed by atoms with Gasteiger partial charge in [-0.3, -0.25) is 18.6 Å². The number of allylic oxidation sites excluding steroid dienone is 5. The molecule has 0 saturated carbocycles. The summed E-state index contributed by atoms with van der Waals surface area (Å²) in [6, 6.07) is -0.848. The first-order chi connectivity index (χ1) is 35.9. The molecule has 0 aliphatic heterocycles. The minimum absolute atomic E-state index is 0.0406. The molecule has 10 heteroatoms. The summed E-state index contributed by atoms with van der Waals surface area (Å²) in [6.45, 7) is 6.99. The molecule has 0 aromatic carbocycles. The van der Waals surface area contributed by atoms with Gasteiger partial charge in [0.2, 0.25) is 5.91 Å². The van der Waals surface area contributed by atoms with E-state index in [4.69, 9.17) is 13.8 Å². The number of quaternary nitrogens is 1. The Kier molecular flexibility index (Phi) is 53.3. The lowest BCUT2D eigenvalue weighted by Gasteiger charge is -2.27. The van der Waals surface area contributed by atoms with Crippen molar-refractivity contribution in [2.24, 2.45) is 0 Å². The van der Waals surface area contributed by atoms with Crippen LogP contribution in [0, 0.1) is 0 Å². The van der Waals surface area contributed by atoms with Gasteiger partial charge in [0.25, 0.3) is 0 Å². The molecule has 0 fully saturated rings. The number of esters is 1. The van der Waals surface area contributed by atoms with Crippen LogP contribution in [0.2, 0.25) is 0 Å². The third-order valence-electron chi connectivity index (χ3n) is 14.3. The molecule has 436 valence electrons. The summed E-state index contributed by atoms with van der Waals surface area (Å²) < 4.78 is 30.7. The fourth-order valence-electron chi connectivity index (χ4n) is 9.33. The van der Waals surface area contributed by atoms with Gasteiger partial charge < -0.3 is 19.4 Å². The number of nitrogens with one attached hydrogen (secondary N) is 1. The van der Waals surface area contributed by atoms with Gasteiger partial charge in [0, 0.05) is 12.8 Å². The monoisotopic (exact) mass is 1060 g/mol. The predicted octanol–water partition coefficient (Wildman–Crippen LogP) is 19.5. The van der Waals surface area contributed by atoms with E-state index in [0.717, 1.165) is 83.5 Å². The van der Waals surface area contributed by atoms with Crippen molar-refractivity contribution in [3.05, 3.63) is 36.5 Å². The second kappa shape index (κ2) is 54.6. The second-order valence-electron chi connectivity index (χ2n) is 22.9. The standard InChI is InChI=1S/C64H123N2O7P/c1-7-10-13-16-19-22-25-27-28-29-30-31-32-33-34-35-36-37-38-39-42-45-48-51-54-57-64(68)73-62(55-52-49-46-43-41-26-23-20-17-14-11-8-2)61(60-72-74(69,70)71-59-58-66(4,5)6)65-63(67)56-53-50-47-44-40-24-21-18-15-12-9-3/h18,21,27-28,52,55,61-62H,7-17,19-20,22-26,29-51,53-54,56-60H2,1-6H3,(H-,65,67,69,70)/p+1/b21-18-,28-27+,55-52-. The van der Waals surface area contributed by atoms with Crippen molar-refractivity contribution in [1.82, 2.24) is 5.32 Å². The lowest BCUT2D eigenvalue weighted by Crippen LogP contribution is -2.47. The molecule has 2 N–H and O–H groups in total. The van der Waals surface area contributed by atoms with Crippen molar-refractivity contribution in [2.45, 2.75) is 322 Å². The largest absolute Gasteiger partial charge is 0.472 e. The van der Waals surface area contributed by atoms with Crippen LogP contribution in [-0.2, 0) is 27.9 Å². The Balaban J connectivity index is 5.02. The van der Waals surface area contributed by atoms with E-state index in [0.29, 0.717) is 23.9 Å². The van der Waals surface area contributed by atoms with E-state index in [2.05, 4.69) is 50.4 Å². The first kappa shape index (κ1) is 72.2. The molecule has 0 aromatic heterocycles.